The molecule has 1 aromatic rings. The summed E-state index contributed by atoms with van der Waals surface area (Å²) >= 11 is 0. The van der Waals surface area contributed by atoms with Crippen LogP contribution in [0.1, 0.15) is 25.3 Å². The van der Waals surface area contributed by atoms with Crippen LogP contribution in [0.15, 0.2) is 24.3 Å². The van der Waals surface area contributed by atoms with Crippen molar-refractivity contribution in [2.75, 3.05) is 19.7 Å². The molecule has 1 unspecified atom stereocenters. The molecule has 0 aliphatic carbocycles. The lowest BCUT2D eigenvalue weighted by Crippen LogP contribution is -2.47. The van der Waals surface area contributed by atoms with Crippen molar-refractivity contribution in [1.29, 1.82) is 0 Å². The maximum atomic E-state index is 11.5. The van der Waals surface area contributed by atoms with Crippen LogP contribution in [0.5, 0.6) is 5.75 Å². The molecule has 0 aromatic heterocycles. The molecule has 3 N–H and O–H groups in total. The molecule has 0 aliphatic heterocycles. The Balaban J connectivity index is 2.83. The van der Waals surface area contributed by atoms with Crippen molar-refractivity contribution in [2.24, 2.45) is 0 Å². The highest BCUT2D eigenvalue weighted by atomic mass is 16.5. The maximum Gasteiger partial charge on any atom is 0.321 e. The van der Waals surface area contributed by atoms with Gasteiger partial charge in [-0.2, -0.15) is 0 Å². The lowest BCUT2D eigenvalue weighted by molar-refractivity contribution is -0.149. The molecule has 138 valence electrons. The standard InChI is InChI=1S/C17H23NO7/c1-2-3-8-25-13-6-4-12(5-7-13)9-14(17(23)24)18(10-15(19)20)11-16(21)22/h4-7,14H,2-3,8-11H2,1H3,(H,19,20)(H,21,22)(H,23,24). The highest BCUT2D eigenvalue weighted by Gasteiger charge is 2.29. The van der Waals surface area contributed by atoms with Crippen molar-refractivity contribution in [1.82, 2.24) is 4.90 Å². The predicted molar refractivity (Wildman–Crippen MR) is 88.8 cm³/mol. The van der Waals surface area contributed by atoms with E-state index < -0.39 is 37.0 Å². The van der Waals surface area contributed by atoms with Crippen LogP contribution in [0.25, 0.3) is 0 Å². The van der Waals surface area contributed by atoms with Crippen LogP contribution in [0.4, 0.5) is 0 Å². The monoisotopic (exact) mass is 353 g/mol. The third-order valence-electron chi connectivity index (χ3n) is 3.52. The van der Waals surface area contributed by atoms with Crippen LogP contribution in [-0.4, -0.2) is 63.9 Å². The number of carboxylic acid groups (broad SMARTS) is 3. The zero-order valence-corrected chi connectivity index (χ0v) is 14.1. The summed E-state index contributed by atoms with van der Waals surface area (Å²) in [6.07, 6.45) is 1.94. The molecule has 1 aromatic carbocycles. The topological polar surface area (TPSA) is 124 Å². The summed E-state index contributed by atoms with van der Waals surface area (Å²) in [5.74, 6) is -3.18. The first-order valence-corrected chi connectivity index (χ1v) is 7.95. The van der Waals surface area contributed by atoms with Gasteiger partial charge >= 0.3 is 17.9 Å². The first kappa shape index (κ1) is 20.4. The van der Waals surface area contributed by atoms with Crippen molar-refractivity contribution >= 4 is 17.9 Å². The van der Waals surface area contributed by atoms with Crippen LogP contribution < -0.4 is 4.74 Å². The number of hydrogen-bond donors (Lipinski definition) is 3. The molecule has 1 atom stereocenters. The minimum atomic E-state index is -1.29. The van der Waals surface area contributed by atoms with E-state index in [0.717, 1.165) is 17.7 Å². The summed E-state index contributed by atoms with van der Waals surface area (Å²) in [5.41, 5.74) is 0.649. The van der Waals surface area contributed by atoms with E-state index in [2.05, 4.69) is 6.92 Å². The Morgan fingerprint density at radius 2 is 1.60 bits per heavy atom. The van der Waals surface area contributed by atoms with Crippen LogP contribution in [0, 0.1) is 0 Å². The molecule has 0 radical (unpaired) electrons. The summed E-state index contributed by atoms with van der Waals surface area (Å²) in [4.78, 5) is 34.2. The highest BCUT2D eigenvalue weighted by molar-refractivity contribution is 5.78. The van der Waals surface area contributed by atoms with Gasteiger partial charge in [-0.15, -0.1) is 0 Å². The number of hydrogen-bond acceptors (Lipinski definition) is 5. The Hall–Kier alpha value is -2.61. The number of carbonyl (C=O) groups is 3. The first-order valence-electron chi connectivity index (χ1n) is 7.95. The summed E-state index contributed by atoms with van der Waals surface area (Å²) in [5, 5.41) is 27.2. The molecule has 0 heterocycles. The number of aliphatic carboxylic acids is 3. The van der Waals surface area contributed by atoms with Gasteiger partial charge in [-0.25, -0.2) is 0 Å². The van der Waals surface area contributed by atoms with E-state index >= 15 is 0 Å². The third-order valence-corrected chi connectivity index (χ3v) is 3.52. The molecule has 8 heteroatoms. The van der Waals surface area contributed by atoms with E-state index in [9.17, 15) is 19.5 Å². The first-order chi connectivity index (χ1) is 11.8. The van der Waals surface area contributed by atoms with Crippen molar-refractivity contribution in [3.8, 4) is 5.75 Å². The molecule has 8 nitrogen and oxygen atoms in total. The van der Waals surface area contributed by atoms with Gasteiger partial charge in [-0.05, 0) is 30.5 Å². The molecule has 0 amide bonds. The number of nitrogens with zero attached hydrogens (tertiary/aromatic N) is 1. The number of ether oxygens (including phenoxy) is 1. The van der Waals surface area contributed by atoms with Crippen molar-refractivity contribution < 1.29 is 34.4 Å². The molecule has 1 rings (SSSR count). The van der Waals surface area contributed by atoms with E-state index in [1.807, 2.05) is 0 Å². The predicted octanol–water partition coefficient (Wildman–Crippen LogP) is 1.33. The molecular weight excluding hydrogens is 330 g/mol. The van der Waals surface area contributed by atoms with Crippen molar-refractivity contribution in [3.63, 3.8) is 0 Å². The fourth-order valence-electron chi connectivity index (χ4n) is 2.28. The van der Waals surface area contributed by atoms with Gasteiger partial charge in [-0.1, -0.05) is 25.5 Å². The second-order valence-electron chi connectivity index (χ2n) is 5.60. The fraction of sp³-hybridized carbons (Fsp3) is 0.471. The normalized spacial score (nSPS) is 11.9. The van der Waals surface area contributed by atoms with Gasteiger partial charge in [0.15, 0.2) is 0 Å². The zero-order chi connectivity index (χ0) is 18.8. The summed E-state index contributed by atoms with van der Waals surface area (Å²) in [7, 11) is 0. The van der Waals surface area contributed by atoms with Crippen molar-refractivity contribution in [2.45, 2.75) is 32.2 Å². The maximum absolute atomic E-state index is 11.5. The lowest BCUT2D eigenvalue weighted by Gasteiger charge is -2.25. The molecule has 25 heavy (non-hydrogen) atoms. The second kappa shape index (κ2) is 10.3. The molecule has 0 aliphatic rings. The Bertz CT molecular complexity index is 569. The van der Waals surface area contributed by atoms with Gasteiger partial charge in [0.1, 0.15) is 11.8 Å². The Labute approximate surface area is 145 Å². The largest absolute Gasteiger partial charge is 0.494 e. The van der Waals surface area contributed by atoms with Gasteiger partial charge in [-0.3, -0.25) is 19.3 Å². The Morgan fingerprint density at radius 1 is 1.04 bits per heavy atom. The quantitative estimate of drug-likeness (QED) is 0.481. The Morgan fingerprint density at radius 3 is 2.04 bits per heavy atom. The van der Waals surface area contributed by atoms with E-state index in [0.29, 0.717) is 17.9 Å². The minimum Gasteiger partial charge on any atom is -0.494 e. The Kier molecular flexibility index (Phi) is 8.42. The van der Waals surface area contributed by atoms with E-state index in [1.165, 1.54) is 0 Å². The van der Waals surface area contributed by atoms with Crippen LogP contribution >= 0.6 is 0 Å². The minimum absolute atomic E-state index is 0.00880. The molecule has 0 fully saturated rings. The molecule has 0 saturated heterocycles. The van der Waals surface area contributed by atoms with Crippen molar-refractivity contribution in [3.05, 3.63) is 29.8 Å². The summed E-state index contributed by atoms with van der Waals surface area (Å²) < 4.78 is 5.52. The van der Waals surface area contributed by atoms with Crippen LogP contribution in [0.3, 0.4) is 0 Å². The zero-order valence-electron chi connectivity index (χ0n) is 14.1. The van der Waals surface area contributed by atoms with Gasteiger partial charge in [0.05, 0.1) is 19.7 Å². The molecule has 0 bridgehead atoms. The highest BCUT2D eigenvalue weighted by Crippen LogP contribution is 2.16. The average molecular weight is 353 g/mol. The van der Waals surface area contributed by atoms with Gasteiger partial charge in [0, 0.05) is 0 Å². The number of carboxylic acids is 3. The van der Waals surface area contributed by atoms with Crippen LogP contribution in [-0.2, 0) is 20.8 Å². The fourth-order valence-corrected chi connectivity index (χ4v) is 2.28. The molecule has 0 saturated carbocycles. The van der Waals surface area contributed by atoms with Crippen LogP contribution in [0.2, 0.25) is 0 Å². The smallest absolute Gasteiger partial charge is 0.321 e. The molecule has 0 spiro atoms. The SMILES string of the molecule is CCCCOc1ccc(CC(C(=O)O)N(CC(=O)O)CC(=O)O)cc1. The number of rotatable bonds is 12. The third kappa shape index (κ3) is 7.67. The van der Waals surface area contributed by atoms with E-state index in [4.69, 9.17) is 14.9 Å². The average Bonchev–Trinajstić information content (AvgIpc) is 2.52. The second-order valence-corrected chi connectivity index (χ2v) is 5.60. The van der Waals surface area contributed by atoms with Gasteiger partial charge in [0.2, 0.25) is 0 Å². The number of unbranched alkanes of at least 4 members (excludes halogenated alkanes) is 1. The molecular formula is C17H23NO7. The summed E-state index contributed by atoms with van der Waals surface area (Å²) in [6.45, 7) is 1.32. The lowest BCUT2D eigenvalue weighted by atomic mass is 10.0. The number of benzene rings is 1. The van der Waals surface area contributed by atoms with E-state index in [1.54, 1.807) is 24.3 Å². The van der Waals surface area contributed by atoms with E-state index in [-0.39, 0.29) is 6.42 Å². The summed E-state index contributed by atoms with van der Waals surface area (Å²) in [6, 6.07) is 5.55. The van der Waals surface area contributed by atoms with Gasteiger partial charge in [0.25, 0.3) is 0 Å². The van der Waals surface area contributed by atoms with Gasteiger partial charge < -0.3 is 20.1 Å².